The largest absolute Gasteiger partial charge is 0.380 e. The van der Waals surface area contributed by atoms with Gasteiger partial charge in [0.15, 0.2) is 0 Å². The molecule has 1 fully saturated rings. The zero-order chi connectivity index (χ0) is 13.9. The third-order valence-electron chi connectivity index (χ3n) is 5.13. The van der Waals surface area contributed by atoms with Gasteiger partial charge in [-0.3, -0.25) is 0 Å². The molecule has 0 saturated carbocycles. The fourth-order valence-electron chi connectivity index (χ4n) is 3.83. The lowest BCUT2D eigenvalue weighted by Gasteiger charge is -2.24. The van der Waals surface area contributed by atoms with Crippen molar-refractivity contribution in [1.82, 2.24) is 4.90 Å². The van der Waals surface area contributed by atoms with Gasteiger partial charge in [-0.15, -0.1) is 0 Å². The van der Waals surface area contributed by atoms with E-state index in [2.05, 4.69) is 48.3 Å². The van der Waals surface area contributed by atoms with Gasteiger partial charge in [0, 0.05) is 18.3 Å². The van der Waals surface area contributed by atoms with E-state index in [9.17, 15) is 0 Å². The minimum atomic E-state index is 0.614. The van der Waals surface area contributed by atoms with E-state index in [1.54, 1.807) is 0 Å². The summed E-state index contributed by atoms with van der Waals surface area (Å²) in [5, 5.41) is 3.69. The van der Waals surface area contributed by atoms with Crippen LogP contribution in [0.5, 0.6) is 0 Å². The zero-order valence-corrected chi connectivity index (χ0v) is 12.9. The van der Waals surface area contributed by atoms with Gasteiger partial charge in [-0.1, -0.05) is 32.0 Å². The molecule has 2 aliphatic rings. The molecule has 1 saturated heterocycles. The third kappa shape index (κ3) is 3.17. The maximum Gasteiger partial charge on any atom is 0.0429 e. The minimum absolute atomic E-state index is 0.614. The van der Waals surface area contributed by atoms with Crippen molar-refractivity contribution in [2.75, 3.05) is 25.0 Å². The van der Waals surface area contributed by atoms with E-state index in [4.69, 9.17) is 0 Å². The first-order valence-electron chi connectivity index (χ1n) is 8.29. The molecule has 110 valence electrons. The number of anilines is 1. The molecule has 2 nitrogen and oxygen atoms in total. The van der Waals surface area contributed by atoms with E-state index < -0.39 is 0 Å². The van der Waals surface area contributed by atoms with E-state index in [0.29, 0.717) is 6.04 Å². The van der Waals surface area contributed by atoms with Crippen molar-refractivity contribution in [3.05, 3.63) is 29.8 Å². The Labute approximate surface area is 123 Å². The highest BCUT2D eigenvalue weighted by molar-refractivity contribution is 5.56. The Kier molecular flexibility index (Phi) is 4.30. The fraction of sp³-hybridized carbons (Fsp3) is 0.667. The molecule has 0 aromatic heterocycles. The molecule has 2 atom stereocenters. The Balaban J connectivity index is 1.52. The highest BCUT2D eigenvalue weighted by Crippen LogP contribution is 2.28. The normalized spacial score (nSPS) is 27.1. The highest BCUT2D eigenvalue weighted by Gasteiger charge is 2.24. The summed E-state index contributed by atoms with van der Waals surface area (Å²) in [6.07, 6.45) is 5.38. The minimum Gasteiger partial charge on any atom is -0.380 e. The van der Waals surface area contributed by atoms with Crippen LogP contribution in [0.2, 0.25) is 0 Å². The molecule has 20 heavy (non-hydrogen) atoms. The second kappa shape index (κ2) is 6.17. The molecule has 3 rings (SSSR count). The van der Waals surface area contributed by atoms with Gasteiger partial charge in [-0.25, -0.2) is 0 Å². The fourth-order valence-corrected chi connectivity index (χ4v) is 3.83. The molecule has 0 aliphatic carbocycles. The molecule has 1 aromatic rings. The number of nitrogens with zero attached hydrogens (tertiary/aromatic N) is 1. The average Bonchev–Trinajstić information content (AvgIpc) is 2.68. The number of benzene rings is 1. The van der Waals surface area contributed by atoms with Crippen molar-refractivity contribution in [3.63, 3.8) is 0 Å². The Morgan fingerprint density at radius 1 is 1.20 bits per heavy atom. The topological polar surface area (TPSA) is 15.3 Å². The van der Waals surface area contributed by atoms with Gasteiger partial charge in [-0.2, -0.15) is 0 Å². The number of hydrogen-bond donors (Lipinski definition) is 1. The lowest BCUT2D eigenvalue weighted by molar-refractivity contribution is 0.263. The van der Waals surface area contributed by atoms with Crippen molar-refractivity contribution in [3.8, 4) is 0 Å². The van der Waals surface area contributed by atoms with Gasteiger partial charge in [0.2, 0.25) is 0 Å². The van der Waals surface area contributed by atoms with Crippen LogP contribution in [0.25, 0.3) is 0 Å². The van der Waals surface area contributed by atoms with Crippen LogP contribution in [-0.2, 0) is 6.42 Å². The van der Waals surface area contributed by atoms with Gasteiger partial charge in [0.25, 0.3) is 0 Å². The molecule has 1 N–H and O–H groups in total. The lowest BCUT2D eigenvalue weighted by atomic mass is 9.89. The van der Waals surface area contributed by atoms with Gasteiger partial charge >= 0.3 is 0 Å². The van der Waals surface area contributed by atoms with Crippen LogP contribution in [0, 0.1) is 11.8 Å². The molecule has 1 aromatic carbocycles. The van der Waals surface area contributed by atoms with Crippen LogP contribution in [0.1, 0.15) is 38.7 Å². The molecule has 2 heteroatoms. The number of likely N-dealkylation sites (tertiary alicyclic amines) is 1. The van der Waals surface area contributed by atoms with Crippen LogP contribution < -0.4 is 5.32 Å². The number of nitrogens with one attached hydrogen (secondary N) is 1. The van der Waals surface area contributed by atoms with E-state index >= 15 is 0 Å². The Morgan fingerprint density at radius 2 is 2.05 bits per heavy atom. The van der Waals surface area contributed by atoms with E-state index in [-0.39, 0.29) is 0 Å². The molecule has 2 aliphatic heterocycles. The highest BCUT2D eigenvalue weighted by atomic mass is 15.2. The zero-order valence-electron chi connectivity index (χ0n) is 12.9. The summed E-state index contributed by atoms with van der Waals surface area (Å²) >= 11 is 0. The van der Waals surface area contributed by atoms with Crippen LogP contribution in [-0.4, -0.2) is 30.6 Å². The third-order valence-corrected chi connectivity index (χ3v) is 5.13. The number of hydrogen-bond acceptors (Lipinski definition) is 2. The molecule has 0 spiro atoms. The van der Waals surface area contributed by atoms with Crippen LogP contribution >= 0.6 is 0 Å². The summed E-state index contributed by atoms with van der Waals surface area (Å²) in [6, 6.07) is 9.38. The van der Waals surface area contributed by atoms with Crippen LogP contribution in [0.4, 0.5) is 5.69 Å². The Hall–Kier alpha value is -1.02. The maximum atomic E-state index is 3.69. The average molecular weight is 272 g/mol. The SMILES string of the molecule is CC(C)C1CCCN(CC2Cc3ccccc3N2)CC1. The molecule has 2 unspecified atom stereocenters. The van der Waals surface area contributed by atoms with Crippen molar-refractivity contribution in [2.24, 2.45) is 11.8 Å². The van der Waals surface area contributed by atoms with Gasteiger partial charge in [-0.05, 0) is 62.2 Å². The standard InChI is InChI=1S/C18H28N2/c1-14(2)15-7-5-10-20(11-9-15)13-17-12-16-6-3-4-8-18(16)19-17/h3-4,6,8,14-15,17,19H,5,7,9-13H2,1-2H3. The van der Waals surface area contributed by atoms with Gasteiger partial charge in [0.1, 0.15) is 0 Å². The predicted octanol–water partition coefficient (Wildman–Crippen LogP) is 3.78. The molecular weight excluding hydrogens is 244 g/mol. The molecule has 0 amide bonds. The van der Waals surface area contributed by atoms with Gasteiger partial charge in [0.05, 0.1) is 0 Å². The van der Waals surface area contributed by atoms with E-state index in [1.165, 1.54) is 56.6 Å². The van der Waals surface area contributed by atoms with Crippen molar-refractivity contribution in [1.29, 1.82) is 0 Å². The lowest BCUT2D eigenvalue weighted by Crippen LogP contribution is -2.36. The van der Waals surface area contributed by atoms with E-state index in [0.717, 1.165) is 11.8 Å². The van der Waals surface area contributed by atoms with Gasteiger partial charge < -0.3 is 10.2 Å². The Bertz CT molecular complexity index is 416. The second-order valence-corrected chi connectivity index (χ2v) is 6.94. The first kappa shape index (κ1) is 13.9. The summed E-state index contributed by atoms with van der Waals surface area (Å²) in [5.74, 6) is 1.79. The van der Waals surface area contributed by atoms with Crippen molar-refractivity contribution >= 4 is 5.69 Å². The van der Waals surface area contributed by atoms with Crippen molar-refractivity contribution < 1.29 is 0 Å². The maximum absolute atomic E-state index is 3.69. The van der Waals surface area contributed by atoms with Crippen molar-refractivity contribution in [2.45, 2.75) is 45.6 Å². The monoisotopic (exact) mass is 272 g/mol. The second-order valence-electron chi connectivity index (χ2n) is 6.94. The molecule has 0 radical (unpaired) electrons. The van der Waals surface area contributed by atoms with Crippen LogP contribution in [0.15, 0.2) is 24.3 Å². The number of rotatable bonds is 3. The quantitative estimate of drug-likeness (QED) is 0.901. The smallest absolute Gasteiger partial charge is 0.0429 e. The number of para-hydroxylation sites is 1. The summed E-state index contributed by atoms with van der Waals surface area (Å²) in [5.41, 5.74) is 2.85. The summed E-state index contributed by atoms with van der Waals surface area (Å²) in [4.78, 5) is 2.69. The Morgan fingerprint density at radius 3 is 2.85 bits per heavy atom. The predicted molar refractivity (Wildman–Crippen MR) is 86.2 cm³/mol. The number of fused-ring (bicyclic) bond motifs is 1. The molecule has 0 bridgehead atoms. The summed E-state index contributed by atoms with van der Waals surface area (Å²) in [7, 11) is 0. The first-order valence-corrected chi connectivity index (χ1v) is 8.29. The van der Waals surface area contributed by atoms with Crippen LogP contribution in [0.3, 0.4) is 0 Å². The molecular formula is C18H28N2. The van der Waals surface area contributed by atoms with E-state index in [1.807, 2.05) is 0 Å². The summed E-state index contributed by atoms with van der Waals surface area (Å²) < 4.78 is 0. The summed E-state index contributed by atoms with van der Waals surface area (Å²) in [6.45, 7) is 8.56. The molecule has 2 heterocycles. The first-order chi connectivity index (χ1) is 9.72.